The highest BCUT2D eigenvalue weighted by molar-refractivity contribution is 6.03. The highest BCUT2D eigenvalue weighted by atomic mass is 16.5. The van der Waals surface area contributed by atoms with Crippen molar-refractivity contribution in [3.05, 3.63) is 46.6 Å². The third-order valence-electron chi connectivity index (χ3n) is 5.11. The van der Waals surface area contributed by atoms with Gasteiger partial charge in [-0.05, 0) is 23.6 Å². The van der Waals surface area contributed by atoms with Crippen LogP contribution >= 0.6 is 0 Å². The molecular formula is C21H25NO6. The topological polar surface area (TPSA) is 97.1 Å². The van der Waals surface area contributed by atoms with Crippen molar-refractivity contribution in [1.82, 2.24) is 0 Å². The molecule has 2 N–H and O–H groups in total. The molecule has 1 aliphatic carbocycles. The lowest BCUT2D eigenvalue weighted by Crippen LogP contribution is -2.35. The predicted octanol–water partition coefficient (Wildman–Crippen LogP) is 2.80. The number of carbonyl (C=O) groups excluding carboxylic acids is 2. The fourth-order valence-electron chi connectivity index (χ4n) is 3.87. The van der Waals surface area contributed by atoms with Crippen LogP contribution < -0.4 is 15.2 Å². The smallest absolute Gasteiger partial charge is 0.340 e. The summed E-state index contributed by atoms with van der Waals surface area (Å²) in [6, 6.07) is 5.21. The van der Waals surface area contributed by atoms with Gasteiger partial charge in [-0.3, -0.25) is 4.79 Å². The molecular weight excluding hydrogens is 362 g/mol. The van der Waals surface area contributed by atoms with Gasteiger partial charge in [0.2, 0.25) is 5.88 Å². The Hall–Kier alpha value is -2.96. The molecule has 1 aromatic carbocycles. The molecule has 150 valence electrons. The Morgan fingerprint density at radius 2 is 1.89 bits per heavy atom. The zero-order chi connectivity index (χ0) is 20.6. The van der Waals surface area contributed by atoms with Gasteiger partial charge in [-0.25, -0.2) is 4.79 Å². The Labute approximate surface area is 164 Å². The maximum atomic E-state index is 13.1. The number of ether oxygens (including phenoxy) is 4. The fourth-order valence-corrected chi connectivity index (χ4v) is 3.87. The van der Waals surface area contributed by atoms with E-state index >= 15 is 0 Å². The van der Waals surface area contributed by atoms with Crippen molar-refractivity contribution in [2.45, 2.75) is 32.6 Å². The first kappa shape index (κ1) is 19.8. The Morgan fingerprint density at radius 1 is 1.18 bits per heavy atom. The maximum absolute atomic E-state index is 13.1. The van der Waals surface area contributed by atoms with Crippen molar-refractivity contribution >= 4 is 11.8 Å². The number of methoxy groups -OCH3 is 3. The second-order valence-corrected chi connectivity index (χ2v) is 7.69. The molecule has 2 aliphatic rings. The van der Waals surface area contributed by atoms with Crippen LogP contribution in [0.1, 0.15) is 38.2 Å². The second-order valence-electron chi connectivity index (χ2n) is 7.69. The summed E-state index contributed by atoms with van der Waals surface area (Å²) in [6.45, 7) is 3.99. The number of esters is 1. The number of hydrogen-bond donors (Lipinski definition) is 1. The van der Waals surface area contributed by atoms with E-state index in [-0.39, 0.29) is 22.7 Å². The van der Waals surface area contributed by atoms with Gasteiger partial charge in [0.15, 0.2) is 5.78 Å². The van der Waals surface area contributed by atoms with Crippen molar-refractivity contribution in [2.24, 2.45) is 11.1 Å². The third kappa shape index (κ3) is 3.32. The van der Waals surface area contributed by atoms with Gasteiger partial charge in [0.05, 0.1) is 27.2 Å². The molecule has 0 spiro atoms. The Kier molecular flexibility index (Phi) is 5.10. The number of rotatable bonds is 4. The summed E-state index contributed by atoms with van der Waals surface area (Å²) in [6.07, 6.45) is 0.873. The van der Waals surface area contributed by atoms with Crippen LogP contribution in [0.4, 0.5) is 0 Å². The summed E-state index contributed by atoms with van der Waals surface area (Å²) < 4.78 is 21.5. The van der Waals surface area contributed by atoms with Crippen molar-refractivity contribution in [1.29, 1.82) is 0 Å². The molecule has 0 saturated carbocycles. The van der Waals surface area contributed by atoms with Gasteiger partial charge >= 0.3 is 5.97 Å². The van der Waals surface area contributed by atoms with E-state index in [1.54, 1.807) is 25.3 Å². The lowest BCUT2D eigenvalue weighted by molar-refractivity contribution is -0.136. The third-order valence-corrected chi connectivity index (χ3v) is 5.11. The number of benzene rings is 1. The Balaban J connectivity index is 2.28. The van der Waals surface area contributed by atoms with E-state index in [2.05, 4.69) is 0 Å². The lowest BCUT2D eigenvalue weighted by atomic mass is 9.70. The summed E-state index contributed by atoms with van der Waals surface area (Å²) >= 11 is 0. The van der Waals surface area contributed by atoms with Gasteiger partial charge in [-0.1, -0.05) is 13.8 Å². The molecule has 1 heterocycles. The van der Waals surface area contributed by atoms with Crippen LogP contribution in [0.25, 0.3) is 0 Å². The number of ketones is 1. The van der Waals surface area contributed by atoms with Crippen molar-refractivity contribution < 1.29 is 28.5 Å². The van der Waals surface area contributed by atoms with Crippen molar-refractivity contribution in [3.63, 3.8) is 0 Å². The summed E-state index contributed by atoms with van der Waals surface area (Å²) in [7, 11) is 4.33. The first-order valence-corrected chi connectivity index (χ1v) is 8.96. The first-order valence-electron chi connectivity index (χ1n) is 8.96. The molecule has 1 aliphatic heterocycles. The van der Waals surface area contributed by atoms with Crippen LogP contribution in [0.2, 0.25) is 0 Å². The molecule has 0 fully saturated rings. The van der Waals surface area contributed by atoms with E-state index in [9.17, 15) is 9.59 Å². The molecule has 0 aromatic heterocycles. The molecule has 0 bridgehead atoms. The average molecular weight is 387 g/mol. The van der Waals surface area contributed by atoms with E-state index in [1.165, 1.54) is 14.2 Å². The minimum atomic E-state index is -0.759. The zero-order valence-electron chi connectivity index (χ0n) is 16.8. The lowest BCUT2D eigenvalue weighted by Gasteiger charge is -2.38. The maximum Gasteiger partial charge on any atom is 0.340 e. The SMILES string of the molecule is COC(=O)C1=C(N)OC2=C(C(=O)CC(C)(C)C2)[C@@H]1c1cc(OC)ccc1OC. The molecule has 7 heteroatoms. The largest absolute Gasteiger partial charge is 0.497 e. The fraction of sp³-hybridized carbons (Fsp3) is 0.429. The summed E-state index contributed by atoms with van der Waals surface area (Å²) in [4.78, 5) is 25.7. The number of hydrogen-bond acceptors (Lipinski definition) is 7. The Morgan fingerprint density at radius 3 is 2.50 bits per heavy atom. The van der Waals surface area contributed by atoms with Gasteiger partial charge in [0.1, 0.15) is 22.8 Å². The van der Waals surface area contributed by atoms with Crippen LogP contribution in [-0.2, 0) is 19.1 Å². The number of allylic oxidation sites excluding steroid dienone is 2. The molecule has 1 aromatic rings. The minimum absolute atomic E-state index is 0.0639. The van der Waals surface area contributed by atoms with Crippen LogP contribution in [0.5, 0.6) is 11.5 Å². The molecule has 0 saturated heterocycles. The zero-order valence-corrected chi connectivity index (χ0v) is 16.8. The van der Waals surface area contributed by atoms with Crippen molar-refractivity contribution in [2.75, 3.05) is 21.3 Å². The molecule has 28 heavy (non-hydrogen) atoms. The standard InChI is InChI=1S/C21H25NO6/c1-21(2)9-13(23)17-15(10-21)28-19(22)18(20(24)27-5)16(17)12-8-11(25-3)6-7-14(12)26-4/h6-8,16H,9-10,22H2,1-5H3/t16-/m0/s1. The van der Waals surface area contributed by atoms with Crippen LogP contribution in [0, 0.1) is 5.41 Å². The van der Waals surface area contributed by atoms with Crippen LogP contribution in [0.3, 0.4) is 0 Å². The van der Waals surface area contributed by atoms with Gasteiger partial charge in [0.25, 0.3) is 0 Å². The average Bonchev–Trinajstić information content (AvgIpc) is 2.64. The van der Waals surface area contributed by atoms with Crippen molar-refractivity contribution in [3.8, 4) is 11.5 Å². The van der Waals surface area contributed by atoms with Crippen LogP contribution in [-0.4, -0.2) is 33.1 Å². The second kappa shape index (κ2) is 7.22. The van der Waals surface area contributed by atoms with E-state index in [4.69, 9.17) is 24.7 Å². The van der Waals surface area contributed by atoms with E-state index in [0.717, 1.165) is 0 Å². The van der Waals surface area contributed by atoms with Gasteiger partial charge < -0.3 is 24.7 Å². The minimum Gasteiger partial charge on any atom is -0.497 e. The summed E-state index contributed by atoms with van der Waals surface area (Å²) in [5.74, 6) is -0.00844. The Bertz CT molecular complexity index is 896. The van der Waals surface area contributed by atoms with Gasteiger partial charge in [-0.15, -0.1) is 0 Å². The summed E-state index contributed by atoms with van der Waals surface area (Å²) in [5.41, 5.74) is 6.96. The predicted molar refractivity (Wildman–Crippen MR) is 102 cm³/mol. The van der Waals surface area contributed by atoms with Gasteiger partial charge in [-0.2, -0.15) is 0 Å². The molecule has 0 unspecified atom stereocenters. The highest BCUT2D eigenvalue weighted by Gasteiger charge is 2.45. The number of carbonyl (C=O) groups is 2. The highest BCUT2D eigenvalue weighted by Crippen LogP contribution is 2.50. The molecule has 0 radical (unpaired) electrons. The number of nitrogens with two attached hydrogens (primary N) is 1. The molecule has 1 atom stereocenters. The van der Waals surface area contributed by atoms with E-state index in [1.807, 2.05) is 13.8 Å². The number of Topliss-reactive ketones (excluding diaryl/α,β-unsaturated/α-hetero) is 1. The van der Waals surface area contributed by atoms with Crippen LogP contribution in [0.15, 0.2) is 41.0 Å². The van der Waals surface area contributed by atoms with E-state index < -0.39 is 11.9 Å². The normalized spacial score (nSPS) is 21.0. The summed E-state index contributed by atoms with van der Waals surface area (Å²) in [5, 5.41) is 0. The quantitative estimate of drug-likeness (QED) is 0.794. The molecule has 0 amide bonds. The monoisotopic (exact) mass is 387 g/mol. The van der Waals surface area contributed by atoms with Gasteiger partial charge in [0, 0.05) is 24.0 Å². The molecule has 7 nitrogen and oxygen atoms in total. The molecule has 3 rings (SSSR count). The van der Waals surface area contributed by atoms with E-state index in [0.29, 0.717) is 41.2 Å². The first-order chi connectivity index (χ1) is 13.2.